The Morgan fingerprint density at radius 1 is 1.23 bits per heavy atom. The standard InChI is InChI=1S/C16H20ClNO4/c17-12-7-5-11(6-8-12)16-13(9-10-22-16)18-14(19)3-1-2-4-15(20)21/h5-8,13,16H,1-4,9-10H2,(H,18,19)(H,20,21). The highest BCUT2D eigenvalue weighted by Gasteiger charge is 2.30. The Morgan fingerprint density at radius 2 is 1.91 bits per heavy atom. The number of nitrogens with one attached hydrogen (secondary N) is 1. The van der Waals surface area contributed by atoms with E-state index in [0.29, 0.717) is 30.9 Å². The van der Waals surface area contributed by atoms with E-state index in [2.05, 4.69) is 5.32 Å². The van der Waals surface area contributed by atoms with Crippen molar-refractivity contribution in [1.82, 2.24) is 5.32 Å². The van der Waals surface area contributed by atoms with Gasteiger partial charge in [0.25, 0.3) is 0 Å². The first-order valence-electron chi connectivity index (χ1n) is 7.44. The number of ether oxygens (including phenoxy) is 1. The van der Waals surface area contributed by atoms with Gasteiger partial charge in [0.05, 0.1) is 6.04 Å². The Hall–Kier alpha value is -1.59. The zero-order valence-corrected chi connectivity index (χ0v) is 13.0. The van der Waals surface area contributed by atoms with Crippen LogP contribution in [0.1, 0.15) is 43.8 Å². The van der Waals surface area contributed by atoms with Crippen LogP contribution in [0.3, 0.4) is 0 Å². The summed E-state index contributed by atoms with van der Waals surface area (Å²) in [7, 11) is 0. The molecule has 6 heteroatoms. The number of rotatable bonds is 7. The number of carboxylic acid groups (broad SMARTS) is 1. The Bertz CT molecular complexity index is 517. The van der Waals surface area contributed by atoms with Crippen LogP contribution in [-0.4, -0.2) is 29.6 Å². The predicted molar refractivity (Wildman–Crippen MR) is 82.8 cm³/mol. The van der Waals surface area contributed by atoms with E-state index in [1.54, 1.807) is 0 Å². The summed E-state index contributed by atoms with van der Waals surface area (Å²) in [6.07, 6.45) is 2.17. The molecule has 0 aliphatic carbocycles. The van der Waals surface area contributed by atoms with Crippen molar-refractivity contribution in [2.45, 2.75) is 44.2 Å². The van der Waals surface area contributed by atoms with Gasteiger partial charge in [-0.15, -0.1) is 0 Å². The summed E-state index contributed by atoms with van der Waals surface area (Å²) in [5.74, 6) is -0.882. The van der Waals surface area contributed by atoms with E-state index in [9.17, 15) is 9.59 Å². The lowest BCUT2D eigenvalue weighted by Crippen LogP contribution is -2.36. The maximum absolute atomic E-state index is 11.9. The van der Waals surface area contributed by atoms with E-state index in [0.717, 1.165) is 12.0 Å². The molecule has 1 fully saturated rings. The highest BCUT2D eigenvalue weighted by atomic mass is 35.5. The average molecular weight is 326 g/mol. The molecule has 1 aromatic carbocycles. The van der Waals surface area contributed by atoms with Crippen LogP contribution < -0.4 is 5.32 Å². The number of halogens is 1. The first-order chi connectivity index (χ1) is 10.6. The van der Waals surface area contributed by atoms with Gasteiger partial charge in [0, 0.05) is 24.5 Å². The molecule has 5 nitrogen and oxygen atoms in total. The highest BCUT2D eigenvalue weighted by Crippen LogP contribution is 2.30. The molecule has 1 amide bonds. The summed E-state index contributed by atoms with van der Waals surface area (Å²) in [5.41, 5.74) is 0.998. The summed E-state index contributed by atoms with van der Waals surface area (Å²) < 4.78 is 5.71. The van der Waals surface area contributed by atoms with Gasteiger partial charge in [0.15, 0.2) is 0 Å². The van der Waals surface area contributed by atoms with Gasteiger partial charge >= 0.3 is 5.97 Å². The van der Waals surface area contributed by atoms with Crippen LogP contribution in [0, 0.1) is 0 Å². The van der Waals surface area contributed by atoms with Gasteiger partial charge in [0.1, 0.15) is 6.10 Å². The minimum Gasteiger partial charge on any atom is -0.481 e. The minimum absolute atomic E-state index is 0.0480. The Morgan fingerprint density at radius 3 is 2.59 bits per heavy atom. The number of hydrogen-bond acceptors (Lipinski definition) is 3. The van der Waals surface area contributed by atoms with Gasteiger partial charge in [-0.1, -0.05) is 23.7 Å². The molecule has 0 radical (unpaired) electrons. The molecule has 0 spiro atoms. The van der Waals surface area contributed by atoms with Gasteiger partial charge in [-0.2, -0.15) is 0 Å². The fraction of sp³-hybridized carbons (Fsp3) is 0.500. The molecule has 1 heterocycles. The van der Waals surface area contributed by atoms with E-state index in [4.69, 9.17) is 21.4 Å². The van der Waals surface area contributed by atoms with Crippen LogP contribution in [-0.2, 0) is 14.3 Å². The van der Waals surface area contributed by atoms with E-state index in [-0.39, 0.29) is 24.5 Å². The maximum Gasteiger partial charge on any atom is 0.303 e. The van der Waals surface area contributed by atoms with Crippen molar-refractivity contribution in [3.63, 3.8) is 0 Å². The summed E-state index contributed by atoms with van der Waals surface area (Å²) in [4.78, 5) is 22.4. The number of hydrogen-bond donors (Lipinski definition) is 2. The van der Waals surface area contributed by atoms with Crippen molar-refractivity contribution in [3.8, 4) is 0 Å². The molecule has 2 atom stereocenters. The van der Waals surface area contributed by atoms with Gasteiger partial charge in [-0.25, -0.2) is 0 Å². The first-order valence-corrected chi connectivity index (χ1v) is 7.82. The molecule has 1 aliphatic heterocycles. The summed E-state index contributed by atoms with van der Waals surface area (Å²) in [5, 5.41) is 12.2. The molecular weight excluding hydrogens is 306 g/mol. The number of benzene rings is 1. The van der Waals surface area contributed by atoms with Crippen molar-refractivity contribution < 1.29 is 19.4 Å². The fourth-order valence-electron chi connectivity index (χ4n) is 2.56. The normalized spacial score (nSPS) is 20.8. The van der Waals surface area contributed by atoms with E-state index < -0.39 is 5.97 Å². The lowest BCUT2D eigenvalue weighted by Gasteiger charge is -2.20. The Kier molecular flexibility index (Phi) is 6.21. The maximum atomic E-state index is 11.9. The summed E-state index contributed by atoms with van der Waals surface area (Å²) in [6, 6.07) is 7.38. The molecule has 22 heavy (non-hydrogen) atoms. The molecule has 120 valence electrons. The van der Waals surface area contributed by atoms with E-state index in [1.165, 1.54) is 0 Å². The van der Waals surface area contributed by atoms with Crippen molar-refractivity contribution in [2.75, 3.05) is 6.61 Å². The monoisotopic (exact) mass is 325 g/mol. The molecule has 1 aromatic rings. The number of unbranched alkanes of at least 4 members (excludes halogenated alkanes) is 1. The minimum atomic E-state index is -0.826. The Labute approximate surface area is 134 Å². The third-order valence-corrected chi connectivity index (χ3v) is 3.93. The zero-order chi connectivity index (χ0) is 15.9. The van der Waals surface area contributed by atoms with E-state index in [1.807, 2.05) is 24.3 Å². The second-order valence-corrected chi connectivity index (χ2v) is 5.84. The summed E-state index contributed by atoms with van der Waals surface area (Å²) in [6.45, 7) is 0.608. The predicted octanol–water partition coefficient (Wildman–Crippen LogP) is 2.93. The summed E-state index contributed by atoms with van der Waals surface area (Å²) >= 11 is 5.88. The number of aliphatic carboxylic acids is 1. The van der Waals surface area contributed by atoms with Crippen molar-refractivity contribution >= 4 is 23.5 Å². The number of carboxylic acids is 1. The Balaban J connectivity index is 1.82. The molecule has 2 N–H and O–H groups in total. The second-order valence-electron chi connectivity index (χ2n) is 5.41. The van der Waals surface area contributed by atoms with Gasteiger partial charge in [-0.05, 0) is 37.0 Å². The van der Waals surface area contributed by atoms with Crippen LogP contribution >= 0.6 is 11.6 Å². The topological polar surface area (TPSA) is 75.6 Å². The molecule has 2 unspecified atom stereocenters. The third-order valence-electron chi connectivity index (χ3n) is 3.68. The lowest BCUT2D eigenvalue weighted by molar-refractivity contribution is -0.137. The van der Waals surface area contributed by atoms with Crippen LogP contribution in [0.4, 0.5) is 0 Å². The van der Waals surface area contributed by atoms with Crippen LogP contribution in [0.15, 0.2) is 24.3 Å². The molecule has 1 saturated heterocycles. The highest BCUT2D eigenvalue weighted by molar-refractivity contribution is 6.30. The van der Waals surface area contributed by atoms with Gasteiger partial charge < -0.3 is 15.2 Å². The molecular formula is C16H20ClNO4. The average Bonchev–Trinajstić information content (AvgIpc) is 2.92. The molecule has 2 rings (SSSR count). The van der Waals surface area contributed by atoms with Crippen molar-refractivity contribution in [2.24, 2.45) is 0 Å². The second kappa shape index (κ2) is 8.15. The molecule has 0 bridgehead atoms. The van der Waals surface area contributed by atoms with E-state index >= 15 is 0 Å². The third kappa shape index (κ3) is 5.00. The fourth-order valence-corrected chi connectivity index (χ4v) is 2.69. The largest absolute Gasteiger partial charge is 0.481 e. The van der Waals surface area contributed by atoms with Crippen LogP contribution in [0.5, 0.6) is 0 Å². The number of carbonyl (C=O) groups is 2. The number of amides is 1. The number of carbonyl (C=O) groups excluding carboxylic acids is 1. The van der Waals surface area contributed by atoms with Gasteiger partial charge in [-0.3, -0.25) is 9.59 Å². The first kappa shape index (κ1) is 16.8. The molecule has 1 aliphatic rings. The smallest absolute Gasteiger partial charge is 0.303 e. The zero-order valence-electron chi connectivity index (χ0n) is 12.3. The van der Waals surface area contributed by atoms with Gasteiger partial charge in [0.2, 0.25) is 5.91 Å². The van der Waals surface area contributed by atoms with Crippen LogP contribution in [0.2, 0.25) is 5.02 Å². The van der Waals surface area contributed by atoms with Crippen LogP contribution in [0.25, 0.3) is 0 Å². The molecule has 0 aromatic heterocycles. The lowest BCUT2D eigenvalue weighted by atomic mass is 10.0. The van der Waals surface area contributed by atoms with Crippen molar-refractivity contribution in [1.29, 1.82) is 0 Å². The quantitative estimate of drug-likeness (QED) is 0.756. The SMILES string of the molecule is O=C(O)CCCCC(=O)NC1CCOC1c1ccc(Cl)cc1. The molecule has 0 saturated carbocycles. The van der Waals surface area contributed by atoms with Crippen molar-refractivity contribution in [3.05, 3.63) is 34.9 Å².